The molecule has 3 N–H and O–H groups in total. The quantitative estimate of drug-likeness (QED) is 0.404. The summed E-state index contributed by atoms with van der Waals surface area (Å²) in [5, 5.41) is 3.04. The first-order valence-electron chi connectivity index (χ1n) is 6.83. The van der Waals surface area contributed by atoms with Gasteiger partial charge in [-0.1, -0.05) is 19.1 Å². The summed E-state index contributed by atoms with van der Waals surface area (Å²) < 4.78 is 23.2. The molecule has 1 aromatic carbocycles. The molecule has 2 rings (SSSR count). The third-order valence-corrected chi connectivity index (χ3v) is 5.91. The zero-order valence-electron chi connectivity index (χ0n) is 12.9. The molecule has 0 radical (unpaired) electrons. The number of benzene rings is 1. The molecule has 0 unspecified atom stereocenters. The van der Waals surface area contributed by atoms with Gasteiger partial charge in [0.15, 0.2) is 15.8 Å². The van der Waals surface area contributed by atoms with Gasteiger partial charge in [-0.15, -0.1) is 35.3 Å². The summed E-state index contributed by atoms with van der Waals surface area (Å²) in [6, 6.07) is 11.3. The van der Waals surface area contributed by atoms with E-state index < -0.39 is 9.84 Å². The van der Waals surface area contributed by atoms with Crippen molar-refractivity contribution in [2.75, 3.05) is 11.6 Å². The van der Waals surface area contributed by atoms with E-state index in [1.807, 2.05) is 18.2 Å². The summed E-state index contributed by atoms with van der Waals surface area (Å²) in [7, 11) is -3.15. The Bertz CT molecular complexity index is 786. The fourth-order valence-corrected chi connectivity index (χ4v) is 3.76. The minimum absolute atomic E-state index is 0. The van der Waals surface area contributed by atoms with Crippen molar-refractivity contribution in [3.63, 3.8) is 0 Å². The Hall–Kier alpha value is -1.13. The normalized spacial score (nSPS) is 11.8. The zero-order chi connectivity index (χ0) is 16.2. The van der Waals surface area contributed by atoms with Crippen molar-refractivity contribution in [1.29, 1.82) is 0 Å². The number of guanidine groups is 1. The molecular formula is C15H20IN3O2S2. The highest BCUT2D eigenvalue weighted by molar-refractivity contribution is 14.0. The second kappa shape index (κ2) is 8.65. The molecule has 0 amide bonds. The molecule has 1 aromatic heterocycles. The first-order valence-corrected chi connectivity index (χ1v) is 9.54. The Balaban J connectivity index is 0.00000264. The van der Waals surface area contributed by atoms with Crippen molar-refractivity contribution < 1.29 is 8.42 Å². The molecule has 0 aliphatic carbocycles. The minimum atomic E-state index is -3.15. The highest BCUT2D eigenvalue weighted by atomic mass is 127. The highest BCUT2D eigenvalue weighted by Crippen LogP contribution is 2.22. The summed E-state index contributed by atoms with van der Waals surface area (Å²) in [5.41, 5.74) is 7.97. The Labute approximate surface area is 158 Å². The van der Waals surface area contributed by atoms with Gasteiger partial charge in [-0.2, -0.15) is 0 Å². The standard InChI is InChI=1S/C15H19N3O2S2.HI/c1-3-11-5-4-6-12(9-11)18-15(16)17-10-13-7-8-14(21-13)22(2,19)20;/h4-9H,3,10H2,1-2H3,(H3,16,17,18);1H. The van der Waals surface area contributed by atoms with Crippen LogP contribution in [0.15, 0.2) is 45.6 Å². The van der Waals surface area contributed by atoms with Crippen LogP contribution >= 0.6 is 35.3 Å². The Morgan fingerprint density at radius 1 is 1.30 bits per heavy atom. The minimum Gasteiger partial charge on any atom is -0.370 e. The van der Waals surface area contributed by atoms with Crippen LogP contribution in [-0.2, 0) is 22.8 Å². The molecule has 0 aliphatic rings. The lowest BCUT2D eigenvalue weighted by atomic mass is 10.1. The van der Waals surface area contributed by atoms with E-state index in [4.69, 9.17) is 5.73 Å². The Morgan fingerprint density at radius 2 is 2.04 bits per heavy atom. The van der Waals surface area contributed by atoms with E-state index in [2.05, 4.69) is 23.3 Å². The second-order valence-corrected chi connectivity index (χ2v) is 8.28. The summed E-state index contributed by atoms with van der Waals surface area (Å²) in [6.07, 6.45) is 2.15. The van der Waals surface area contributed by atoms with Crippen LogP contribution in [0.25, 0.3) is 0 Å². The fourth-order valence-electron chi connectivity index (χ4n) is 1.86. The van der Waals surface area contributed by atoms with Crippen LogP contribution in [0.5, 0.6) is 0 Å². The van der Waals surface area contributed by atoms with Crippen LogP contribution in [0, 0.1) is 0 Å². The maximum absolute atomic E-state index is 11.4. The van der Waals surface area contributed by atoms with E-state index >= 15 is 0 Å². The van der Waals surface area contributed by atoms with Gasteiger partial charge in [0.2, 0.25) is 0 Å². The number of hydrogen-bond donors (Lipinski definition) is 2. The van der Waals surface area contributed by atoms with Gasteiger partial charge in [0.1, 0.15) is 4.21 Å². The van der Waals surface area contributed by atoms with Gasteiger partial charge in [-0.3, -0.25) is 0 Å². The maximum atomic E-state index is 11.4. The van der Waals surface area contributed by atoms with Gasteiger partial charge in [0.25, 0.3) is 0 Å². The number of nitrogens with one attached hydrogen (secondary N) is 1. The van der Waals surface area contributed by atoms with Crippen molar-refractivity contribution in [1.82, 2.24) is 0 Å². The van der Waals surface area contributed by atoms with Crippen molar-refractivity contribution in [3.05, 3.63) is 46.8 Å². The molecule has 0 aliphatic heterocycles. The number of nitrogens with two attached hydrogens (primary N) is 1. The molecule has 8 heteroatoms. The van der Waals surface area contributed by atoms with Gasteiger partial charge in [-0.05, 0) is 36.2 Å². The fraction of sp³-hybridized carbons (Fsp3) is 0.267. The SMILES string of the molecule is CCc1cccc(NC(N)=NCc2ccc(S(C)(=O)=O)s2)c1.I. The Kier molecular flexibility index (Phi) is 7.49. The van der Waals surface area contributed by atoms with E-state index in [1.165, 1.54) is 23.2 Å². The number of nitrogens with zero attached hydrogens (tertiary/aromatic N) is 1. The molecule has 126 valence electrons. The van der Waals surface area contributed by atoms with Crippen molar-refractivity contribution in [2.24, 2.45) is 10.7 Å². The van der Waals surface area contributed by atoms with Gasteiger partial charge in [0, 0.05) is 16.8 Å². The summed E-state index contributed by atoms with van der Waals surface area (Å²) in [4.78, 5) is 5.09. The molecule has 23 heavy (non-hydrogen) atoms. The number of rotatable bonds is 5. The lowest BCUT2D eigenvalue weighted by Gasteiger charge is -2.06. The van der Waals surface area contributed by atoms with E-state index in [-0.39, 0.29) is 24.0 Å². The van der Waals surface area contributed by atoms with Crippen LogP contribution in [0.1, 0.15) is 17.4 Å². The van der Waals surface area contributed by atoms with Crippen LogP contribution in [0.4, 0.5) is 5.69 Å². The molecule has 0 fully saturated rings. The first-order chi connectivity index (χ1) is 10.4. The van der Waals surface area contributed by atoms with Gasteiger partial charge < -0.3 is 11.1 Å². The summed E-state index contributed by atoms with van der Waals surface area (Å²) >= 11 is 1.22. The number of sulfone groups is 1. The van der Waals surface area contributed by atoms with E-state index in [0.29, 0.717) is 16.7 Å². The predicted molar refractivity (Wildman–Crippen MR) is 108 cm³/mol. The molecule has 0 saturated heterocycles. The lowest BCUT2D eigenvalue weighted by molar-refractivity contribution is 0.604. The molecule has 5 nitrogen and oxygen atoms in total. The smallest absolute Gasteiger partial charge is 0.193 e. The molecule has 0 spiro atoms. The van der Waals surface area contributed by atoms with Crippen molar-refractivity contribution in [2.45, 2.75) is 24.1 Å². The maximum Gasteiger partial charge on any atom is 0.193 e. The molecule has 0 atom stereocenters. The first kappa shape index (κ1) is 19.9. The van der Waals surface area contributed by atoms with Crippen molar-refractivity contribution >= 4 is 56.8 Å². The number of aliphatic imine (C=N–C) groups is 1. The molecule has 0 bridgehead atoms. The van der Waals surface area contributed by atoms with Crippen LogP contribution in [0.3, 0.4) is 0 Å². The lowest BCUT2D eigenvalue weighted by Crippen LogP contribution is -2.22. The third kappa shape index (κ3) is 6.11. The highest BCUT2D eigenvalue weighted by Gasteiger charge is 2.10. The summed E-state index contributed by atoms with van der Waals surface area (Å²) in [6.45, 7) is 2.44. The number of hydrogen-bond acceptors (Lipinski definition) is 4. The van der Waals surface area contributed by atoms with Crippen molar-refractivity contribution in [3.8, 4) is 0 Å². The van der Waals surface area contributed by atoms with Crippen LogP contribution in [0.2, 0.25) is 0 Å². The molecule has 1 heterocycles. The Morgan fingerprint density at radius 3 is 2.65 bits per heavy atom. The third-order valence-electron chi connectivity index (χ3n) is 3.02. The summed E-state index contributed by atoms with van der Waals surface area (Å²) in [5.74, 6) is 0.308. The van der Waals surface area contributed by atoms with Gasteiger partial charge in [0.05, 0.1) is 6.54 Å². The second-order valence-electron chi connectivity index (χ2n) is 4.87. The predicted octanol–water partition coefficient (Wildman–Crippen LogP) is 3.26. The zero-order valence-corrected chi connectivity index (χ0v) is 16.9. The number of anilines is 1. The van der Waals surface area contributed by atoms with Crippen LogP contribution < -0.4 is 11.1 Å². The van der Waals surface area contributed by atoms with Gasteiger partial charge in [-0.25, -0.2) is 13.4 Å². The van der Waals surface area contributed by atoms with Gasteiger partial charge >= 0.3 is 0 Å². The monoisotopic (exact) mass is 465 g/mol. The van der Waals surface area contributed by atoms with E-state index in [0.717, 1.165) is 17.0 Å². The van der Waals surface area contributed by atoms with E-state index in [9.17, 15) is 8.42 Å². The number of halogens is 1. The largest absolute Gasteiger partial charge is 0.370 e. The number of aryl methyl sites for hydroxylation is 1. The van der Waals surface area contributed by atoms with E-state index in [1.54, 1.807) is 12.1 Å². The molecular weight excluding hydrogens is 445 g/mol. The topological polar surface area (TPSA) is 84.5 Å². The average molecular weight is 465 g/mol. The number of thiophene rings is 1. The van der Waals surface area contributed by atoms with Crippen LogP contribution in [-0.4, -0.2) is 20.6 Å². The average Bonchev–Trinajstić information content (AvgIpc) is 2.94. The molecule has 0 saturated carbocycles. The molecule has 2 aromatic rings.